The molecule has 0 unspecified atom stereocenters. The van der Waals surface area contributed by atoms with Crippen molar-refractivity contribution >= 4 is 15.7 Å². The van der Waals surface area contributed by atoms with Crippen LogP contribution in [0.2, 0.25) is 0 Å². The minimum Gasteiger partial charge on any atom is -0.486 e. The van der Waals surface area contributed by atoms with Crippen LogP contribution in [0.1, 0.15) is 15.9 Å². The van der Waals surface area contributed by atoms with Crippen LogP contribution in [0, 0.1) is 0 Å². The lowest BCUT2D eigenvalue weighted by molar-refractivity contribution is 0.0953. The third-order valence-corrected chi connectivity index (χ3v) is 4.98. The fourth-order valence-electron chi connectivity index (χ4n) is 2.51. The van der Waals surface area contributed by atoms with Gasteiger partial charge in [-0.3, -0.25) is 4.79 Å². The van der Waals surface area contributed by atoms with Gasteiger partial charge in [0.05, 0.1) is 4.90 Å². The first-order valence-electron chi connectivity index (χ1n) is 7.90. The van der Waals surface area contributed by atoms with Crippen molar-refractivity contribution in [2.75, 3.05) is 26.0 Å². The molecule has 0 radical (unpaired) electrons. The summed E-state index contributed by atoms with van der Waals surface area (Å²) >= 11 is 0. The summed E-state index contributed by atoms with van der Waals surface area (Å²) in [4.78, 5) is 12.5. The fraction of sp³-hybridized carbons (Fsp3) is 0.278. The normalized spacial score (nSPS) is 13.3. The van der Waals surface area contributed by atoms with Crippen molar-refractivity contribution in [3.63, 3.8) is 0 Å². The van der Waals surface area contributed by atoms with Gasteiger partial charge in [-0.05, 0) is 42.3 Å². The van der Waals surface area contributed by atoms with Gasteiger partial charge in [0.15, 0.2) is 21.3 Å². The van der Waals surface area contributed by atoms with E-state index in [2.05, 4.69) is 5.32 Å². The first kappa shape index (κ1) is 17.3. The van der Waals surface area contributed by atoms with Crippen molar-refractivity contribution in [2.24, 2.45) is 0 Å². The highest BCUT2D eigenvalue weighted by Crippen LogP contribution is 2.30. The average Bonchev–Trinajstić information content (AvgIpc) is 2.61. The summed E-state index contributed by atoms with van der Waals surface area (Å²) in [6.45, 7) is 1.43. The lowest BCUT2D eigenvalue weighted by atomic mass is 10.1. The van der Waals surface area contributed by atoms with E-state index in [-0.39, 0.29) is 10.8 Å². The highest BCUT2D eigenvalue weighted by atomic mass is 32.2. The predicted molar refractivity (Wildman–Crippen MR) is 93.0 cm³/mol. The van der Waals surface area contributed by atoms with Crippen LogP contribution in [0.3, 0.4) is 0 Å². The van der Waals surface area contributed by atoms with Crippen molar-refractivity contribution < 1.29 is 22.7 Å². The van der Waals surface area contributed by atoms with E-state index in [0.717, 1.165) is 5.56 Å². The third-order valence-electron chi connectivity index (χ3n) is 3.86. The maximum Gasteiger partial charge on any atom is 0.251 e. The number of amides is 1. The number of sulfone groups is 1. The number of benzene rings is 2. The van der Waals surface area contributed by atoms with E-state index in [1.807, 2.05) is 0 Å². The van der Waals surface area contributed by atoms with Gasteiger partial charge < -0.3 is 14.8 Å². The van der Waals surface area contributed by atoms with Gasteiger partial charge in [0, 0.05) is 18.4 Å². The Morgan fingerprint density at radius 3 is 2.40 bits per heavy atom. The molecular weight excluding hydrogens is 342 g/mol. The van der Waals surface area contributed by atoms with Gasteiger partial charge in [-0.1, -0.05) is 12.1 Å². The molecule has 0 fully saturated rings. The summed E-state index contributed by atoms with van der Waals surface area (Å²) in [6, 6.07) is 11.8. The molecule has 7 heteroatoms. The molecule has 0 aromatic heterocycles. The molecule has 6 nitrogen and oxygen atoms in total. The first-order valence-corrected chi connectivity index (χ1v) is 9.79. The van der Waals surface area contributed by atoms with Gasteiger partial charge in [0.1, 0.15) is 13.2 Å². The molecule has 0 spiro atoms. The molecule has 1 aliphatic heterocycles. The van der Waals surface area contributed by atoms with Crippen LogP contribution >= 0.6 is 0 Å². The van der Waals surface area contributed by atoms with Gasteiger partial charge in [0.2, 0.25) is 0 Å². The predicted octanol–water partition coefficient (Wildman–Crippen LogP) is 1.83. The number of hydrogen-bond acceptors (Lipinski definition) is 5. The molecule has 1 N–H and O–H groups in total. The molecule has 1 amide bonds. The molecule has 0 aliphatic carbocycles. The first-order chi connectivity index (χ1) is 11.9. The summed E-state index contributed by atoms with van der Waals surface area (Å²) in [5.74, 6) is 1.04. The van der Waals surface area contributed by atoms with Crippen LogP contribution < -0.4 is 14.8 Å². The molecular formula is C18H19NO5S. The Hall–Kier alpha value is -2.54. The summed E-state index contributed by atoms with van der Waals surface area (Å²) in [7, 11) is -3.19. The summed E-state index contributed by atoms with van der Waals surface area (Å²) in [5, 5.41) is 2.85. The molecule has 1 aliphatic rings. The number of nitrogens with one attached hydrogen (secondary N) is 1. The molecule has 132 valence electrons. The van der Waals surface area contributed by atoms with E-state index in [1.165, 1.54) is 6.26 Å². The van der Waals surface area contributed by atoms with Gasteiger partial charge in [-0.15, -0.1) is 0 Å². The Balaban J connectivity index is 1.56. The quantitative estimate of drug-likeness (QED) is 0.879. The van der Waals surface area contributed by atoms with Gasteiger partial charge in [0.25, 0.3) is 5.91 Å². The summed E-state index contributed by atoms with van der Waals surface area (Å²) in [5.41, 5.74) is 1.46. The van der Waals surface area contributed by atoms with Crippen LogP contribution in [0.4, 0.5) is 0 Å². The largest absolute Gasteiger partial charge is 0.486 e. The monoisotopic (exact) mass is 361 g/mol. The molecule has 1 heterocycles. The summed E-state index contributed by atoms with van der Waals surface area (Å²) < 4.78 is 33.8. The lowest BCUT2D eigenvalue weighted by Gasteiger charge is -2.18. The highest BCUT2D eigenvalue weighted by molar-refractivity contribution is 7.90. The SMILES string of the molecule is CS(=O)(=O)c1ccc(CCNC(=O)c2ccc3c(c2)OCCO3)cc1. The zero-order chi connectivity index (χ0) is 17.9. The van der Waals surface area contributed by atoms with Crippen LogP contribution in [-0.2, 0) is 16.3 Å². The van der Waals surface area contributed by atoms with E-state index in [9.17, 15) is 13.2 Å². The van der Waals surface area contributed by atoms with Crippen molar-refractivity contribution in [3.05, 3.63) is 53.6 Å². The number of carbonyl (C=O) groups is 1. The molecule has 25 heavy (non-hydrogen) atoms. The van der Waals surface area contributed by atoms with Crippen molar-refractivity contribution in [3.8, 4) is 11.5 Å². The third kappa shape index (κ3) is 4.30. The smallest absolute Gasteiger partial charge is 0.251 e. The summed E-state index contributed by atoms with van der Waals surface area (Å²) in [6.07, 6.45) is 1.79. The van der Waals surface area contributed by atoms with Crippen LogP contribution in [0.25, 0.3) is 0 Å². The molecule has 2 aromatic rings. The molecule has 0 bridgehead atoms. The second kappa shape index (κ2) is 7.14. The van der Waals surface area contributed by atoms with Crippen molar-refractivity contribution in [1.82, 2.24) is 5.32 Å². The Morgan fingerprint density at radius 2 is 1.72 bits per heavy atom. The zero-order valence-electron chi connectivity index (χ0n) is 13.8. The van der Waals surface area contributed by atoms with Crippen molar-refractivity contribution in [1.29, 1.82) is 0 Å². The number of rotatable bonds is 5. The maximum atomic E-state index is 12.2. The molecule has 2 aromatic carbocycles. The van der Waals surface area contributed by atoms with Crippen LogP contribution in [0.5, 0.6) is 11.5 Å². The molecule has 0 atom stereocenters. The minimum atomic E-state index is -3.19. The van der Waals surface area contributed by atoms with E-state index in [0.29, 0.717) is 43.2 Å². The van der Waals surface area contributed by atoms with Crippen LogP contribution in [-0.4, -0.2) is 40.3 Å². The highest BCUT2D eigenvalue weighted by Gasteiger charge is 2.14. The average molecular weight is 361 g/mol. The molecule has 0 saturated carbocycles. The maximum absolute atomic E-state index is 12.2. The second-order valence-electron chi connectivity index (χ2n) is 5.78. The topological polar surface area (TPSA) is 81.7 Å². The minimum absolute atomic E-state index is 0.190. The Kier molecular flexibility index (Phi) is 4.94. The number of fused-ring (bicyclic) bond motifs is 1. The van der Waals surface area contributed by atoms with E-state index in [4.69, 9.17) is 9.47 Å². The Labute approximate surface area is 146 Å². The Bertz CT molecular complexity index is 875. The molecule has 0 saturated heterocycles. The lowest BCUT2D eigenvalue weighted by Crippen LogP contribution is -2.26. The Morgan fingerprint density at radius 1 is 1.04 bits per heavy atom. The van der Waals surface area contributed by atoms with Gasteiger partial charge >= 0.3 is 0 Å². The van der Waals surface area contributed by atoms with Crippen LogP contribution in [0.15, 0.2) is 47.4 Å². The number of ether oxygens (including phenoxy) is 2. The van der Waals surface area contributed by atoms with E-state index in [1.54, 1.807) is 42.5 Å². The van der Waals surface area contributed by atoms with Gasteiger partial charge in [-0.25, -0.2) is 8.42 Å². The second-order valence-corrected chi connectivity index (χ2v) is 7.80. The fourth-order valence-corrected chi connectivity index (χ4v) is 3.14. The van der Waals surface area contributed by atoms with Gasteiger partial charge in [-0.2, -0.15) is 0 Å². The number of hydrogen-bond donors (Lipinski definition) is 1. The number of carbonyl (C=O) groups excluding carboxylic acids is 1. The van der Waals surface area contributed by atoms with Crippen molar-refractivity contribution in [2.45, 2.75) is 11.3 Å². The zero-order valence-corrected chi connectivity index (χ0v) is 14.6. The van der Waals surface area contributed by atoms with E-state index >= 15 is 0 Å². The standard InChI is InChI=1S/C18H19NO5S/c1-25(21,22)15-5-2-13(3-6-15)8-9-19-18(20)14-4-7-16-17(12-14)24-11-10-23-16/h2-7,12H,8-11H2,1H3,(H,19,20). The molecule has 3 rings (SSSR count). The van der Waals surface area contributed by atoms with E-state index < -0.39 is 9.84 Å².